The fourth-order valence-electron chi connectivity index (χ4n) is 2.26. The van der Waals surface area contributed by atoms with Gasteiger partial charge in [0.1, 0.15) is 0 Å². The molecule has 0 aliphatic heterocycles. The van der Waals surface area contributed by atoms with Gasteiger partial charge in [0.25, 0.3) is 0 Å². The molecule has 0 fully saturated rings. The molecule has 0 saturated carbocycles. The van der Waals surface area contributed by atoms with Crippen molar-refractivity contribution < 1.29 is 8.42 Å². The highest BCUT2D eigenvalue weighted by molar-refractivity contribution is 7.89. The summed E-state index contributed by atoms with van der Waals surface area (Å²) in [4.78, 5) is 3.33. The Labute approximate surface area is 122 Å². The molecule has 4 N–H and O–H groups in total. The lowest BCUT2D eigenvalue weighted by atomic mass is 10.1. The van der Waals surface area contributed by atoms with Gasteiger partial charge in [0.05, 0.1) is 10.4 Å². The van der Waals surface area contributed by atoms with Crippen LogP contribution in [-0.4, -0.2) is 13.4 Å². The average molecular weight is 301 g/mol. The van der Waals surface area contributed by atoms with Crippen LogP contribution in [-0.2, 0) is 16.6 Å². The van der Waals surface area contributed by atoms with Gasteiger partial charge in [0, 0.05) is 18.4 Å². The number of primary sulfonamides is 1. The maximum absolute atomic E-state index is 11.2. The molecule has 21 heavy (non-hydrogen) atoms. The number of aromatic amines is 1. The topological polar surface area (TPSA) is 88.0 Å². The molecule has 0 atom stereocenters. The van der Waals surface area contributed by atoms with E-state index in [1.54, 1.807) is 12.1 Å². The van der Waals surface area contributed by atoms with Gasteiger partial charge in [-0.25, -0.2) is 13.6 Å². The SMILES string of the molecule is NS(=O)(=O)c1ccc(NCc2cccc3cc[nH]c23)cc1. The number of aromatic nitrogens is 1. The Morgan fingerprint density at radius 2 is 1.81 bits per heavy atom. The summed E-state index contributed by atoms with van der Waals surface area (Å²) in [5, 5.41) is 9.50. The molecule has 108 valence electrons. The van der Waals surface area contributed by atoms with E-state index >= 15 is 0 Å². The number of rotatable bonds is 4. The Bertz CT molecular complexity index is 867. The number of sulfonamides is 1. The molecule has 0 unspecified atom stereocenters. The molecule has 0 aliphatic rings. The Morgan fingerprint density at radius 1 is 1.05 bits per heavy atom. The highest BCUT2D eigenvalue weighted by Gasteiger charge is 2.07. The monoisotopic (exact) mass is 301 g/mol. The zero-order chi connectivity index (χ0) is 14.9. The molecule has 0 aliphatic carbocycles. The average Bonchev–Trinajstić information content (AvgIpc) is 2.93. The van der Waals surface area contributed by atoms with Crippen molar-refractivity contribution in [2.24, 2.45) is 5.14 Å². The minimum absolute atomic E-state index is 0.111. The second-order valence-electron chi connectivity index (χ2n) is 4.78. The molecular weight excluding hydrogens is 286 g/mol. The summed E-state index contributed by atoms with van der Waals surface area (Å²) < 4.78 is 22.4. The minimum Gasteiger partial charge on any atom is -0.381 e. The molecule has 0 saturated heterocycles. The molecule has 0 radical (unpaired) electrons. The van der Waals surface area contributed by atoms with E-state index < -0.39 is 10.0 Å². The van der Waals surface area contributed by atoms with Crippen molar-refractivity contribution >= 4 is 26.6 Å². The third kappa shape index (κ3) is 2.91. The van der Waals surface area contributed by atoms with E-state index in [0.29, 0.717) is 6.54 Å². The van der Waals surface area contributed by atoms with E-state index in [9.17, 15) is 8.42 Å². The summed E-state index contributed by atoms with van der Waals surface area (Å²) in [5.41, 5.74) is 3.09. The Kier molecular flexibility index (Phi) is 3.40. The van der Waals surface area contributed by atoms with Crippen molar-refractivity contribution in [3.05, 3.63) is 60.3 Å². The standard InChI is InChI=1S/C15H15N3O2S/c16-21(19,20)14-6-4-13(5-7-14)18-10-12-3-1-2-11-8-9-17-15(11)12/h1-9,17-18H,10H2,(H2,16,19,20). The number of benzene rings is 2. The van der Waals surface area contributed by atoms with Gasteiger partial charge in [0.15, 0.2) is 0 Å². The van der Waals surface area contributed by atoms with E-state index in [2.05, 4.69) is 16.4 Å². The van der Waals surface area contributed by atoms with E-state index in [1.807, 2.05) is 24.4 Å². The lowest BCUT2D eigenvalue weighted by Gasteiger charge is -2.08. The lowest BCUT2D eigenvalue weighted by molar-refractivity contribution is 0.598. The number of fused-ring (bicyclic) bond motifs is 1. The first-order valence-electron chi connectivity index (χ1n) is 6.46. The van der Waals surface area contributed by atoms with Crippen LogP contribution in [0.15, 0.2) is 59.6 Å². The smallest absolute Gasteiger partial charge is 0.238 e. The van der Waals surface area contributed by atoms with Gasteiger partial charge >= 0.3 is 0 Å². The summed E-state index contributed by atoms with van der Waals surface area (Å²) in [6.45, 7) is 0.645. The first-order valence-corrected chi connectivity index (χ1v) is 8.00. The van der Waals surface area contributed by atoms with Crippen LogP contribution in [0.25, 0.3) is 10.9 Å². The normalized spacial score (nSPS) is 11.7. The molecule has 1 heterocycles. The predicted octanol–water partition coefficient (Wildman–Crippen LogP) is 2.43. The number of anilines is 1. The van der Waals surface area contributed by atoms with Crippen molar-refractivity contribution in [1.82, 2.24) is 4.98 Å². The third-order valence-electron chi connectivity index (χ3n) is 3.34. The maximum Gasteiger partial charge on any atom is 0.238 e. The molecular formula is C15H15N3O2S. The predicted molar refractivity (Wildman–Crippen MR) is 83.4 cm³/mol. The second-order valence-corrected chi connectivity index (χ2v) is 6.34. The van der Waals surface area contributed by atoms with E-state index in [-0.39, 0.29) is 4.90 Å². The van der Waals surface area contributed by atoms with Crippen LogP contribution >= 0.6 is 0 Å². The number of para-hydroxylation sites is 1. The van der Waals surface area contributed by atoms with Crippen molar-refractivity contribution in [2.45, 2.75) is 11.4 Å². The van der Waals surface area contributed by atoms with E-state index in [0.717, 1.165) is 16.8 Å². The number of H-pyrrole nitrogens is 1. The highest BCUT2D eigenvalue weighted by atomic mass is 32.2. The quantitative estimate of drug-likeness (QED) is 0.691. The van der Waals surface area contributed by atoms with Crippen LogP contribution in [0.3, 0.4) is 0 Å². The molecule has 1 aromatic heterocycles. The van der Waals surface area contributed by atoms with Crippen LogP contribution in [0, 0.1) is 0 Å². The number of nitrogens with one attached hydrogen (secondary N) is 2. The van der Waals surface area contributed by atoms with Crippen molar-refractivity contribution in [1.29, 1.82) is 0 Å². The molecule has 5 nitrogen and oxygen atoms in total. The minimum atomic E-state index is -3.64. The molecule has 6 heteroatoms. The van der Waals surface area contributed by atoms with Crippen LogP contribution in [0.4, 0.5) is 5.69 Å². The van der Waals surface area contributed by atoms with Crippen molar-refractivity contribution in [2.75, 3.05) is 5.32 Å². The summed E-state index contributed by atoms with van der Waals surface area (Å²) >= 11 is 0. The molecule has 0 spiro atoms. The van der Waals surface area contributed by atoms with E-state index in [4.69, 9.17) is 5.14 Å². The van der Waals surface area contributed by atoms with Gasteiger partial charge in [-0.05, 0) is 41.3 Å². The Morgan fingerprint density at radius 3 is 2.52 bits per heavy atom. The zero-order valence-corrected chi connectivity index (χ0v) is 12.0. The van der Waals surface area contributed by atoms with Gasteiger partial charge in [-0.2, -0.15) is 0 Å². The summed E-state index contributed by atoms with van der Waals surface area (Å²) in [5.74, 6) is 0. The lowest BCUT2D eigenvalue weighted by Crippen LogP contribution is -2.12. The van der Waals surface area contributed by atoms with Crippen molar-refractivity contribution in [3.8, 4) is 0 Å². The summed E-state index contributed by atoms with van der Waals surface area (Å²) in [7, 11) is -3.64. The van der Waals surface area contributed by atoms with Gasteiger partial charge in [-0.15, -0.1) is 0 Å². The van der Waals surface area contributed by atoms with Crippen LogP contribution in [0.1, 0.15) is 5.56 Å². The first-order chi connectivity index (χ1) is 10.0. The van der Waals surface area contributed by atoms with Gasteiger partial charge in [0.2, 0.25) is 10.0 Å². The Balaban J connectivity index is 1.77. The Hall–Kier alpha value is -2.31. The zero-order valence-electron chi connectivity index (χ0n) is 11.2. The van der Waals surface area contributed by atoms with E-state index in [1.165, 1.54) is 17.5 Å². The maximum atomic E-state index is 11.2. The van der Waals surface area contributed by atoms with Gasteiger partial charge < -0.3 is 10.3 Å². The highest BCUT2D eigenvalue weighted by Crippen LogP contribution is 2.19. The molecule has 2 aromatic carbocycles. The van der Waals surface area contributed by atoms with Crippen LogP contribution < -0.4 is 10.5 Å². The fraction of sp³-hybridized carbons (Fsp3) is 0.0667. The van der Waals surface area contributed by atoms with Crippen molar-refractivity contribution in [3.63, 3.8) is 0 Å². The summed E-state index contributed by atoms with van der Waals surface area (Å²) in [6.07, 6.45) is 1.91. The first kappa shape index (κ1) is 13.7. The molecule has 0 bridgehead atoms. The van der Waals surface area contributed by atoms with Crippen LogP contribution in [0.5, 0.6) is 0 Å². The molecule has 0 amide bonds. The largest absolute Gasteiger partial charge is 0.381 e. The number of nitrogens with two attached hydrogens (primary N) is 1. The second kappa shape index (κ2) is 5.23. The summed E-state index contributed by atoms with van der Waals surface area (Å²) in [6, 6.07) is 14.5. The fourth-order valence-corrected chi connectivity index (χ4v) is 2.77. The van der Waals surface area contributed by atoms with Gasteiger partial charge in [-0.1, -0.05) is 18.2 Å². The number of hydrogen-bond acceptors (Lipinski definition) is 3. The van der Waals surface area contributed by atoms with Crippen LogP contribution in [0.2, 0.25) is 0 Å². The third-order valence-corrected chi connectivity index (χ3v) is 4.27. The molecule has 3 aromatic rings. The van der Waals surface area contributed by atoms with Gasteiger partial charge in [-0.3, -0.25) is 0 Å². The molecule has 3 rings (SSSR count). The number of hydrogen-bond donors (Lipinski definition) is 3.